The molecule has 0 spiro atoms. The van der Waals surface area contributed by atoms with E-state index in [2.05, 4.69) is 31.2 Å². The maximum atomic E-state index is 12.8. The maximum absolute atomic E-state index is 12.8. The average molecular weight is 486 g/mol. The van der Waals surface area contributed by atoms with E-state index in [0.717, 1.165) is 15.6 Å². The third kappa shape index (κ3) is 4.27. The molecular formula is C21H20BrN5O2S. The zero-order valence-electron chi connectivity index (χ0n) is 16.5. The number of anilines is 1. The molecule has 1 aliphatic heterocycles. The number of hydrogen-bond donors (Lipinski definition) is 1. The van der Waals surface area contributed by atoms with Crippen LogP contribution in [-0.4, -0.2) is 32.3 Å². The number of esters is 1. The lowest BCUT2D eigenvalue weighted by Crippen LogP contribution is -2.29. The predicted molar refractivity (Wildman–Crippen MR) is 119 cm³/mol. The lowest BCUT2D eigenvalue weighted by atomic mass is 9.96. The van der Waals surface area contributed by atoms with E-state index in [9.17, 15) is 4.79 Å². The van der Waals surface area contributed by atoms with Gasteiger partial charge in [-0.05, 0) is 43.2 Å². The Morgan fingerprint density at radius 3 is 2.93 bits per heavy atom. The van der Waals surface area contributed by atoms with Crippen molar-refractivity contribution in [3.8, 4) is 0 Å². The van der Waals surface area contributed by atoms with Crippen molar-refractivity contribution >= 4 is 39.6 Å². The quantitative estimate of drug-likeness (QED) is 0.404. The van der Waals surface area contributed by atoms with Gasteiger partial charge < -0.3 is 10.1 Å². The summed E-state index contributed by atoms with van der Waals surface area (Å²) in [6.07, 6.45) is 3.58. The van der Waals surface area contributed by atoms with Crippen LogP contribution in [0.3, 0.4) is 0 Å². The Bertz CT molecular complexity index is 1100. The maximum Gasteiger partial charge on any atom is 0.338 e. The number of thioether (sulfide) groups is 1. The largest absolute Gasteiger partial charge is 0.463 e. The second kappa shape index (κ2) is 9.01. The van der Waals surface area contributed by atoms with E-state index < -0.39 is 6.04 Å². The number of rotatable bonds is 6. The molecule has 1 N–H and O–H groups in total. The van der Waals surface area contributed by atoms with Crippen LogP contribution in [0.1, 0.15) is 31.0 Å². The molecule has 1 atom stereocenters. The fourth-order valence-electron chi connectivity index (χ4n) is 3.28. The number of carbonyl (C=O) groups is 1. The first-order valence-electron chi connectivity index (χ1n) is 9.45. The van der Waals surface area contributed by atoms with Gasteiger partial charge in [0.15, 0.2) is 0 Å². The summed E-state index contributed by atoms with van der Waals surface area (Å²) in [6, 6.07) is 11.3. The Labute approximate surface area is 187 Å². The molecule has 0 saturated heterocycles. The number of nitrogens with zero attached hydrogens (tertiary/aromatic N) is 4. The summed E-state index contributed by atoms with van der Waals surface area (Å²) >= 11 is 5.05. The summed E-state index contributed by atoms with van der Waals surface area (Å²) in [5, 5.41) is 8.55. The highest BCUT2D eigenvalue weighted by molar-refractivity contribution is 9.10. The van der Waals surface area contributed by atoms with E-state index in [0.29, 0.717) is 34.7 Å². The predicted octanol–water partition coefficient (Wildman–Crippen LogP) is 4.58. The summed E-state index contributed by atoms with van der Waals surface area (Å²) in [5.41, 5.74) is 3.25. The molecular weight excluding hydrogens is 466 g/mol. The van der Waals surface area contributed by atoms with E-state index in [1.807, 2.05) is 49.5 Å². The van der Waals surface area contributed by atoms with Gasteiger partial charge in [0.1, 0.15) is 6.04 Å². The number of hydrogen-bond acceptors (Lipinski definition) is 7. The van der Waals surface area contributed by atoms with Crippen molar-refractivity contribution in [2.75, 3.05) is 11.9 Å². The van der Waals surface area contributed by atoms with Gasteiger partial charge in [-0.15, -0.1) is 5.10 Å². The average Bonchev–Trinajstić information content (AvgIpc) is 3.14. The van der Waals surface area contributed by atoms with Gasteiger partial charge in [-0.1, -0.05) is 45.9 Å². The Hall–Kier alpha value is -2.65. The minimum absolute atomic E-state index is 0.303. The molecule has 0 aliphatic carbocycles. The number of benzene rings is 1. The first kappa shape index (κ1) is 20.6. The molecule has 3 heterocycles. The Morgan fingerprint density at radius 1 is 1.33 bits per heavy atom. The summed E-state index contributed by atoms with van der Waals surface area (Å²) in [5.74, 6) is 0.938. The SMILES string of the molecule is CCOC(=O)C1=C(C)Nc2nc(SCc3cccnc3)nn2[C@@H]1c1cccc(Br)c1. The lowest BCUT2D eigenvalue weighted by molar-refractivity contribution is -0.139. The highest BCUT2D eigenvalue weighted by Crippen LogP contribution is 2.37. The molecule has 4 rings (SSSR count). The normalized spacial score (nSPS) is 15.5. The first-order valence-corrected chi connectivity index (χ1v) is 11.2. The van der Waals surface area contributed by atoms with Crippen LogP contribution >= 0.6 is 27.7 Å². The van der Waals surface area contributed by atoms with Crippen LogP contribution in [0.2, 0.25) is 0 Å². The number of aromatic nitrogens is 4. The van der Waals surface area contributed by atoms with Crippen molar-refractivity contribution in [1.29, 1.82) is 0 Å². The fraction of sp³-hybridized carbons (Fsp3) is 0.238. The number of allylic oxidation sites excluding steroid dienone is 1. The van der Waals surface area contributed by atoms with E-state index in [1.54, 1.807) is 17.8 Å². The second-order valence-electron chi connectivity index (χ2n) is 6.65. The number of nitrogens with one attached hydrogen (secondary N) is 1. The number of fused-ring (bicyclic) bond motifs is 1. The Kier molecular flexibility index (Phi) is 6.19. The van der Waals surface area contributed by atoms with Gasteiger partial charge in [-0.2, -0.15) is 4.98 Å². The van der Waals surface area contributed by atoms with E-state index in [1.165, 1.54) is 11.8 Å². The first-order chi connectivity index (χ1) is 14.6. The van der Waals surface area contributed by atoms with E-state index >= 15 is 0 Å². The molecule has 1 aliphatic rings. The third-order valence-electron chi connectivity index (χ3n) is 4.58. The zero-order valence-corrected chi connectivity index (χ0v) is 18.9. The Morgan fingerprint density at radius 2 is 2.20 bits per heavy atom. The molecule has 0 unspecified atom stereocenters. The van der Waals surface area contributed by atoms with E-state index in [4.69, 9.17) is 9.84 Å². The van der Waals surface area contributed by atoms with Gasteiger partial charge in [0.05, 0.1) is 12.2 Å². The van der Waals surface area contributed by atoms with Crippen LogP contribution in [-0.2, 0) is 15.3 Å². The van der Waals surface area contributed by atoms with Crippen molar-refractivity contribution in [3.05, 3.63) is 75.7 Å². The summed E-state index contributed by atoms with van der Waals surface area (Å²) in [7, 11) is 0. The molecule has 9 heteroatoms. The molecule has 2 aromatic heterocycles. The van der Waals surface area contributed by atoms with Gasteiger partial charge in [-0.3, -0.25) is 4.98 Å². The molecule has 1 aromatic carbocycles. The monoisotopic (exact) mass is 485 g/mol. The molecule has 30 heavy (non-hydrogen) atoms. The van der Waals surface area contributed by atoms with Gasteiger partial charge in [-0.25, -0.2) is 9.48 Å². The standard InChI is InChI=1S/C21H20BrN5O2S/c1-3-29-19(28)17-13(2)24-20-25-21(30-12-14-6-5-9-23-11-14)26-27(20)18(17)15-7-4-8-16(22)10-15/h4-11,18H,3,12H2,1-2H3,(H,24,25,26)/t18-/m1/s1. The number of ether oxygens (including phenoxy) is 1. The van der Waals surface area contributed by atoms with Crippen molar-refractivity contribution < 1.29 is 9.53 Å². The Balaban J connectivity index is 1.71. The van der Waals surface area contributed by atoms with Crippen molar-refractivity contribution in [2.45, 2.75) is 30.8 Å². The molecule has 0 radical (unpaired) electrons. The highest BCUT2D eigenvalue weighted by atomic mass is 79.9. The van der Waals surface area contributed by atoms with Crippen molar-refractivity contribution in [3.63, 3.8) is 0 Å². The number of carbonyl (C=O) groups excluding carboxylic acids is 1. The zero-order chi connectivity index (χ0) is 21.1. The molecule has 0 fully saturated rings. The smallest absolute Gasteiger partial charge is 0.338 e. The summed E-state index contributed by atoms with van der Waals surface area (Å²) < 4.78 is 8.02. The van der Waals surface area contributed by atoms with Crippen LogP contribution in [0.4, 0.5) is 5.95 Å². The lowest BCUT2D eigenvalue weighted by Gasteiger charge is -2.28. The second-order valence-corrected chi connectivity index (χ2v) is 8.51. The summed E-state index contributed by atoms with van der Waals surface area (Å²) in [4.78, 5) is 21.6. The fourth-order valence-corrected chi connectivity index (χ4v) is 4.46. The molecule has 0 bridgehead atoms. The van der Waals surface area contributed by atoms with Crippen LogP contribution in [0.15, 0.2) is 69.7 Å². The minimum atomic E-state index is -0.432. The van der Waals surface area contributed by atoms with Gasteiger partial charge in [0.25, 0.3) is 0 Å². The minimum Gasteiger partial charge on any atom is -0.463 e. The number of halogens is 1. The molecule has 154 valence electrons. The van der Waals surface area contributed by atoms with Crippen molar-refractivity contribution in [1.82, 2.24) is 19.7 Å². The van der Waals surface area contributed by atoms with Gasteiger partial charge in [0.2, 0.25) is 11.1 Å². The molecule has 7 nitrogen and oxygen atoms in total. The highest BCUT2D eigenvalue weighted by Gasteiger charge is 2.35. The van der Waals surface area contributed by atoms with Crippen LogP contribution in [0.25, 0.3) is 0 Å². The molecule has 0 saturated carbocycles. The number of pyridine rings is 1. The van der Waals surface area contributed by atoms with Crippen LogP contribution < -0.4 is 5.32 Å². The molecule has 3 aromatic rings. The van der Waals surface area contributed by atoms with Crippen LogP contribution in [0, 0.1) is 0 Å². The molecule has 0 amide bonds. The third-order valence-corrected chi connectivity index (χ3v) is 5.99. The van der Waals surface area contributed by atoms with Crippen LogP contribution in [0.5, 0.6) is 0 Å². The van der Waals surface area contributed by atoms with Gasteiger partial charge in [0, 0.05) is 28.3 Å². The topological polar surface area (TPSA) is 81.9 Å². The van der Waals surface area contributed by atoms with E-state index in [-0.39, 0.29) is 5.97 Å². The summed E-state index contributed by atoms with van der Waals surface area (Å²) in [6.45, 7) is 3.96. The van der Waals surface area contributed by atoms with Crippen molar-refractivity contribution in [2.24, 2.45) is 0 Å². The van der Waals surface area contributed by atoms with Gasteiger partial charge >= 0.3 is 5.97 Å².